The summed E-state index contributed by atoms with van der Waals surface area (Å²) in [6.07, 6.45) is 1.68. The number of hydrogen-bond acceptors (Lipinski definition) is 5. The monoisotopic (exact) mass is 418 g/mol. The van der Waals surface area contributed by atoms with Gasteiger partial charge in [0.05, 0.1) is 11.5 Å². The van der Waals surface area contributed by atoms with Gasteiger partial charge in [-0.1, -0.05) is 24.3 Å². The molecular formula is C24H23FN4O2. The first kappa shape index (κ1) is 20.6. The maximum Gasteiger partial charge on any atom is 0.260 e. The number of fused-ring (bicyclic) bond motifs is 1. The molecule has 1 amide bonds. The number of piperidine rings is 1. The van der Waals surface area contributed by atoms with Crippen molar-refractivity contribution in [2.45, 2.75) is 19.3 Å². The lowest BCUT2D eigenvalue weighted by molar-refractivity contribution is -0.135. The van der Waals surface area contributed by atoms with Gasteiger partial charge in [0.25, 0.3) is 5.91 Å². The second-order valence-electron chi connectivity index (χ2n) is 7.93. The summed E-state index contributed by atoms with van der Waals surface area (Å²) >= 11 is 0. The Bertz CT molecular complexity index is 1130. The molecule has 0 atom stereocenters. The van der Waals surface area contributed by atoms with E-state index in [0.29, 0.717) is 49.4 Å². The van der Waals surface area contributed by atoms with Gasteiger partial charge in [0.1, 0.15) is 22.9 Å². The number of hydrogen-bond donors (Lipinski definition) is 1. The van der Waals surface area contributed by atoms with Crippen molar-refractivity contribution >= 4 is 22.6 Å². The van der Waals surface area contributed by atoms with Crippen LogP contribution in [0.15, 0.2) is 54.6 Å². The molecule has 0 aliphatic carbocycles. The molecule has 1 saturated heterocycles. The Kier molecular flexibility index (Phi) is 5.72. The number of halogens is 1. The summed E-state index contributed by atoms with van der Waals surface area (Å²) < 4.78 is 18.9. The topological polar surface area (TPSA) is 92.2 Å². The van der Waals surface area contributed by atoms with E-state index in [9.17, 15) is 14.4 Å². The zero-order valence-electron chi connectivity index (χ0n) is 17.1. The van der Waals surface area contributed by atoms with Gasteiger partial charge in [-0.25, -0.2) is 9.37 Å². The van der Waals surface area contributed by atoms with Crippen LogP contribution in [0.25, 0.3) is 10.9 Å². The summed E-state index contributed by atoms with van der Waals surface area (Å²) in [7, 11) is 0. The normalized spacial score (nSPS) is 15.4. The highest BCUT2D eigenvalue weighted by Gasteiger charge is 2.36. The highest BCUT2D eigenvalue weighted by molar-refractivity contribution is 5.86. The molecule has 7 heteroatoms. The average molecular weight is 418 g/mol. The first-order valence-electron chi connectivity index (χ1n) is 10.2. The van der Waals surface area contributed by atoms with Gasteiger partial charge in [0, 0.05) is 18.5 Å². The van der Waals surface area contributed by atoms with Crippen molar-refractivity contribution in [2.24, 2.45) is 5.41 Å². The van der Waals surface area contributed by atoms with Crippen molar-refractivity contribution in [3.8, 4) is 11.8 Å². The van der Waals surface area contributed by atoms with Crippen molar-refractivity contribution in [1.82, 2.24) is 9.88 Å². The lowest BCUT2D eigenvalue weighted by Gasteiger charge is -2.37. The molecule has 1 aromatic heterocycles. The third-order valence-corrected chi connectivity index (χ3v) is 5.82. The first-order chi connectivity index (χ1) is 15.0. The summed E-state index contributed by atoms with van der Waals surface area (Å²) in [6, 6.07) is 17.8. The molecule has 31 heavy (non-hydrogen) atoms. The van der Waals surface area contributed by atoms with Gasteiger partial charge in [-0.3, -0.25) is 4.79 Å². The van der Waals surface area contributed by atoms with Gasteiger partial charge in [0.2, 0.25) is 0 Å². The zero-order valence-corrected chi connectivity index (χ0v) is 17.1. The summed E-state index contributed by atoms with van der Waals surface area (Å²) in [4.78, 5) is 18.7. The number of aromatic nitrogens is 1. The Balaban J connectivity index is 1.37. The van der Waals surface area contributed by atoms with E-state index in [0.717, 1.165) is 10.9 Å². The average Bonchev–Trinajstić information content (AvgIpc) is 2.79. The number of nitriles is 1. The molecule has 0 spiro atoms. The fraction of sp³-hybridized carbons (Fsp3) is 0.292. The number of nitrogens with zero attached hydrogens (tertiary/aromatic N) is 3. The number of benzene rings is 2. The highest BCUT2D eigenvalue weighted by Crippen LogP contribution is 2.35. The van der Waals surface area contributed by atoms with Gasteiger partial charge in [0.15, 0.2) is 6.61 Å². The number of carbonyl (C=O) groups is 1. The zero-order chi connectivity index (χ0) is 21.8. The Hall–Kier alpha value is -3.66. The number of nitrogen functional groups attached to an aromatic ring is 1. The number of nitrogens with two attached hydrogens (primary N) is 1. The minimum Gasteiger partial charge on any atom is -0.481 e. The van der Waals surface area contributed by atoms with E-state index in [1.54, 1.807) is 29.2 Å². The summed E-state index contributed by atoms with van der Waals surface area (Å²) in [5, 5.41) is 10.7. The molecule has 6 nitrogen and oxygen atoms in total. The molecule has 0 bridgehead atoms. The van der Waals surface area contributed by atoms with Gasteiger partial charge >= 0.3 is 0 Å². The molecule has 0 radical (unpaired) electrons. The maximum absolute atomic E-state index is 13.2. The van der Waals surface area contributed by atoms with E-state index in [2.05, 4.69) is 11.1 Å². The van der Waals surface area contributed by atoms with Crippen LogP contribution in [0.2, 0.25) is 0 Å². The fourth-order valence-corrected chi connectivity index (χ4v) is 3.99. The SMILES string of the molecule is N#CC1(Cc2ccc(F)cc2)CCN(C(=O)COc2cccc3ccc(N)nc23)CC1. The van der Waals surface area contributed by atoms with Crippen molar-refractivity contribution < 1.29 is 13.9 Å². The van der Waals surface area contributed by atoms with E-state index in [4.69, 9.17) is 10.5 Å². The summed E-state index contributed by atoms with van der Waals surface area (Å²) in [5.41, 5.74) is 6.78. The second kappa shape index (κ2) is 8.60. The quantitative estimate of drug-likeness (QED) is 0.682. The molecule has 158 valence electrons. The van der Waals surface area contributed by atoms with Crippen LogP contribution in [-0.2, 0) is 11.2 Å². The summed E-state index contributed by atoms with van der Waals surface area (Å²) in [6.45, 7) is 0.864. The smallest absolute Gasteiger partial charge is 0.260 e. The third kappa shape index (κ3) is 4.58. The van der Waals surface area contributed by atoms with Crippen molar-refractivity contribution in [3.05, 3.63) is 66.0 Å². The number of likely N-dealkylation sites (tertiary alicyclic amines) is 1. The van der Waals surface area contributed by atoms with Crippen LogP contribution in [0.1, 0.15) is 18.4 Å². The first-order valence-corrected chi connectivity index (χ1v) is 10.2. The Morgan fingerprint density at radius 1 is 1.16 bits per heavy atom. The van der Waals surface area contributed by atoms with E-state index in [-0.39, 0.29) is 18.3 Å². The molecule has 2 aromatic carbocycles. The largest absolute Gasteiger partial charge is 0.481 e. The Morgan fingerprint density at radius 2 is 1.90 bits per heavy atom. The van der Waals surface area contributed by atoms with Crippen LogP contribution in [0.4, 0.5) is 10.2 Å². The fourth-order valence-electron chi connectivity index (χ4n) is 3.99. The predicted molar refractivity (Wildman–Crippen MR) is 116 cm³/mol. The number of rotatable bonds is 5. The lowest BCUT2D eigenvalue weighted by Crippen LogP contribution is -2.45. The lowest BCUT2D eigenvalue weighted by atomic mass is 9.75. The molecule has 1 aliphatic rings. The molecular weight excluding hydrogens is 395 g/mol. The number of anilines is 1. The van der Waals surface area contributed by atoms with Crippen molar-refractivity contribution in [2.75, 3.05) is 25.4 Å². The van der Waals surface area contributed by atoms with E-state index < -0.39 is 5.41 Å². The number of amides is 1. The number of para-hydroxylation sites is 1. The van der Waals surface area contributed by atoms with Crippen LogP contribution in [0.3, 0.4) is 0 Å². The van der Waals surface area contributed by atoms with Crippen LogP contribution < -0.4 is 10.5 Å². The second-order valence-corrected chi connectivity index (χ2v) is 7.93. The third-order valence-electron chi connectivity index (χ3n) is 5.82. The summed E-state index contributed by atoms with van der Waals surface area (Å²) in [5.74, 6) is 0.478. The number of ether oxygens (including phenoxy) is 1. The minimum atomic E-state index is -0.549. The Labute approximate surface area is 180 Å². The van der Waals surface area contributed by atoms with E-state index in [1.807, 2.05) is 18.2 Å². The minimum absolute atomic E-state index is 0.104. The van der Waals surface area contributed by atoms with Crippen LogP contribution in [0, 0.1) is 22.6 Å². The van der Waals surface area contributed by atoms with Crippen LogP contribution >= 0.6 is 0 Å². The molecule has 1 aliphatic heterocycles. The maximum atomic E-state index is 13.2. The van der Waals surface area contributed by atoms with Gasteiger partial charge < -0.3 is 15.4 Å². The Morgan fingerprint density at radius 3 is 2.61 bits per heavy atom. The number of pyridine rings is 1. The molecule has 1 fully saturated rings. The molecule has 0 unspecified atom stereocenters. The van der Waals surface area contributed by atoms with Crippen LogP contribution in [-0.4, -0.2) is 35.5 Å². The van der Waals surface area contributed by atoms with E-state index in [1.165, 1.54) is 12.1 Å². The predicted octanol–water partition coefficient (Wildman–Crippen LogP) is 3.71. The van der Waals surface area contributed by atoms with Crippen LogP contribution in [0.5, 0.6) is 5.75 Å². The molecule has 0 saturated carbocycles. The standard InChI is InChI=1S/C24H23FN4O2/c25-19-7-4-17(5-8-19)14-24(16-26)10-12-29(13-11-24)22(30)15-31-20-3-1-2-18-6-9-21(27)28-23(18)20/h1-9H,10-15H2,(H2,27,28). The van der Waals surface area contributed by atoms with Crippen molar-refractivity contribution in [3.63, 3.8) is 0 Å². The van der Waals surface area contributed by atoms with Gasteiger partial charge in [-0.2, -0.15) is 5.26 Å². The van der Waals surface area contributed by atoms with E-state index >= 15 is 0 Å². The molecule has 2 N–H and O–H groups in total. The molecule has 3 aromatic rings. The van der Waals surface area contributed by atoms with Crippen molar-refractivity contribution in [1.29, 1.82) is 5.26 Å². The molecule has 4 rings (SSSR count). The number of carbonyl (C=O) groups excluding carboxylic acids is 1. The highest BCUT2D eigenvalue weighted by atomic mass is 19.1. The molecule has 2 heterocycles. The van der Waals surface area contributed by atoms with Gasteiger partial charge in [-0.05, 0) is 55.2 Å². The van der Waals surface area contributed by atoms with Gasteiger partial charge in [-0.15, -0.1) is 0 Å².